The maximum absolute atomic E-state index is 12.5. The van der Waals surface area contributed by atoms with Crippen molar-refractivity contribution in [2.75, 3.05) is 39.4 Å². The van der Waals surface area contributed by atoms with E-state index in [0.29, 0.717) is 12.1 Å². The van der Waals surface area contributed by atoms with Gasteiger partial charge in [0.2, 0.25) is 5.91 Å². The highest BCUT2D eigenvalue weighted by molar-refractivity contribution is 5.78. The monoisotopic (exact) mass is 336 g/mol. The molecule has 5 heteroatoms. The molecule has 1 saturated carbocycles. The van der Waals surface area contributed by atoms with E-state index in [2.05, 4.69) is 4.90 Å². The summed E-state index contributed by atoms with van der Waals surface area (Å²) in [6.07, 6.45) is 11.0. The molecule has 4 rings (SSSR count). The standard InChI is InChI=1S/C19H32N2O3/c22-18(14-23-17-5-1-2-6-17)21-11-8-19(15-21)13-16(7-12-24-19)20-9-3-4-10-20/h16-17H,1-15H2/t16-,19+/m1/s1. The highest BCUT2D eigenvalue weighted by atomic mass is 16.5. The first-order valence-electron chi connectivity index (χ1n) is 10.0. The minimum absolute atomic E-state index is 0.0888. The molecule has 1 amide bonds. The minimum atomic E-state index is -0.0888. The minimum Gasteiger partial charge on any atom is -0.373 e. The Morgan fingerprint density at radius 1 is 1.08 bits per heavy atom. The van der Waals surface area contributed by atoms with Crippen molar-refractivity contribution in [2.24, 2.45) is 0 Å². The van der Waals surface area contributed by atoms with Gasteiger partial charge in [-0.1, -0.05) is 12.8 Å². The van der Waals surface area contributed by atoms with Crippen LogP contribution in [0.2, 0.25) is 0 Å². The molecule has 0 aromatic carbocycles. The molecular weight excluding hydrogens is 304 g/mol. The number of carbonyl (C=O) groups excluding carboxylic acids is 1. The van der Waals surface area contributed by atoms with Crippen LogP contribution in [-0.2, 0) is 14.3 Å². The summed E-state index contributed by atoms with van der Waals surface area (Å²) in [5, 5.41) is 0. The molecule has 4 fully saturated rings. The summed E-state index contributed by atoms with van der Waals surface area (Å²) in [6.45, 7) is 5.21. The summed E-state index contributed by atoms with van der Waals surface area (Å²) < 4.78 is 12.0. The Kier molecular flexibility index (Phi) is 5.11. The van der Waals surface area contributed by atoms with Crippen LogP contribution in [0.15, 0.2) is 0 Å². The van der Waals surface area contributed by atoms with E-state index in [1.807, 2.05) is 4.90 Å². The molecule has 3 aliphatic heterocycles. The second kappa shape index (κ2) is 7.30. The molecule has 0 aromatic heterocycles. The highest BCUT2D eigenvalue weighted by Gasteiger charge is 2.45. The lowest BCUT2D eigenvalue weighted by atomic mass is 9.89. The maximum Gasteiger partial charge on any atom is 0.248 e. The summed E-state index contributed by atoms with van der Waals surface area (Å²) >= 11 is 0. The van der Waals surface area contributed by atoms with Gasteiger partial charge in [0.25, 0.3) is 0 Å². The predicted octanol–water partition coefficient (Wildman–Crippen LogP) is 2.19. The Bertz CT molecular complexity index is 446. The zero-order valence-corrected chi connectivity index (χ0v) is 14.9. The summed E-state index contributed by atoms with van der Waals surface area (Å²) in [5.41, 5.74) is -0.0888. The second-order valence-electron chi connectivity index (χ2n) is 8.20. The van der Waals surface area contributed by atoms with Gasteiger partial charge in [0, 0.05) is 25.7 Å². The van der Waals surface area contributed by atoms with E-state index in [1.54, 1.807) is 0 Å². The molecule has 0 aromatic rings. The van der Waals surface area contributed by atoms with E-state index in [9.17, 15) is 4.79 Å². The van der Waals surface area contributed by atoms with Gasteiger partial charge in [0.15, 0.2) is 0 Å². The summed E-state index contributed by atoms with van der Waals surface area (Å²) in [6, 6.07) is 0.658. The number of carbonyl (C=O) groups is 1. The van der Waals surface area contributed by atoms with Gasteiger partial charge in [-0.05, 0) is 58.0 Å². The van der Waals surface area contributed by atoms with E-state index in [-0.39, 0.29) is 18.1 Å². The van der Waals surface area contributed by atoms with Crippen LogP contribution in [0.25, 0.3) is 0 Å². The van der Waals surface area contributed by atoms with E-state index in [4.69, 9.17) is 9.47 Å². The molecule has 24 heavy (non-hydrogen) atoms. The Labute approximate surface area is 145 Å². The van der Waals surface area contributed by atoms with Crippen LogP contribution in [0, 0.1) is 0 Å². The van der Waals surface area contributed by atoms with E-state index >= 15 is 0 Å². The Morgan fingerprint density at radius 2 is 1.88 bits per heavy atom. The van der Waals surface area contributed by atoms with Crippen molar-refractivity contribution in [2.45, 2.75) is 75.5 Å². The fraction of sp³-hybridized carbons (Fsp3) is 0.947. The van der Waals surface area contributed by atoms with Crippen LogP contribution >= 0.6 is 0 Å². The second-order valence-corrected chi connectivity index (χ2v) is 8.20. The quantitative estimate of drug-likeness (QED) is 0.789. The van der Waals surface area contributed by atoms with Gasteiger partial charge in [0.1, 0.15) is 6.61 Å². The molecule has 1 aliphatic carbocycles. The lowest BCUT2D eigenvalue weighted by Gasteiger charge is -2.41. The van der Waals surface area contributed by atoms with Crippen molar-refractivity contribution in [1.29, 1.82) is 0 Å². The molecule has 1 spiro atoms. The summed E-state index contributed by atoms with van der Waals surface area (Å²) in [7, 11) is 0. The van der Waals surface area contributed by atoms with E-state index < -0.39 is 0 Å². The number of nitrogens with zero attached hydrogens (tertiary/aromatic N) is 2. The highest BCUT2D eigenvalue weighted by Crippen LogP contribution is 2.37. The SMILES string of the molecule is O=C(COC1CCCC1)N1CC[C@]2(C[C@H](N3CCCC3)CCO2)C1. The number of amides is 1. The maximum atomic E-state index is 12.5. The van der Waals surface area contributed by atoms with Crippen LogP contribution in [0.4, 0.5) is 0 Å². The third-order valence-electron chi connectivity index (χ3n) is 6.54. The Morgan fingerprint density at radius 3 is 2.67 bits per heavy atom. The zero-order chi connectivity index (χ0) is 16.4. The summed E-state index contributed by atoms with van der Waals surface area (Å²) in [5.74, 6) is 0.158. The lowest BCUT2D eigenvalue weighted by molar-refractivity contribution is -0.140. The van der Waals surface area contributed by atoms with Crippen LogP contribution in [0.5, 0.6) is 0 Å². The summed E-state index contributed by atoms with van der Waals surface area (Å²) in [4.78, 5) is 17.1. The van der Waals surface area contributed by atoms with E-state index in [0.717, 1.165) is 51.8 Å². The van der Waals surface area contributed by atoms with Crippen molar-refractivity contribution in [3.05, 3.63) is 0 Å². The molecule has 3 heterocycles. The molecule has 0 unspecified atom stereocenters. The Hall–Kier alpha value is -0.650. The largest absolute Gasteiger partial charge is 0.373 e. The van der Waals surface area contributed by atoms with Crippen molar-refractivity contribution >= 4 is 5.91 Å². The normalized spacial score (nSPS) is 35.3. The molecule has 4 aliphatic rings. The van der Waals surface area contributed by atoms with Crippen LogP contribution in [-0.4, -0.2) is 72.8 Å². The molecule has 0 radical (unpaired) electrons. The molecule has 5 nitrogen and oxygen atoms in total. The molecule has 0 N–H and O–H groups in total. The van der Waals surface area contributed by atoms with Crippen molar-refractivity contribution in [3.8, 4) is 0 Å². The topological polar surface area (TPSA) is 42.0 Å². The van der Waals surface area contributed by atoms with Gasteiger partial charge < -0.3 is 19.3 Å². The average Bonchev–Trinajstić information content (AvgIpc) is 3.35. The van der Waals surface area contributed by atoms with Gasteiger partial charge in [-0.25, -0.2) is 0 Å². The molecule has 136 valence electrons. The number of hydrogen-bond acceptors (Lipinski definition) is 4. The third-order valence-corrected chi connectivity index (χ3v) is 6.54. The fourth-order valence-electron chi connectivity index (χ4n) is 5.10. The van der Waals surface area contributed by atoms with Crippen LogP contribution in [0.3, 0.4) is 0 Å². The lowest BCUT2D eigenvalue weighted by Crippen LogP contribution is -2.50. The van der Waals surface area contributed by atoms with Gasteiger partial charge in [0.05, 0.1) is 11.7 Å². The van der Waals surface area contributed by atoms with Gasteiger partial charge >= 0.3 is 0 Å². The van der Waals surface area contributed by atoms with Crippen molar-refractivity contribution < 1.29 is 14.3 Å². The smallest absolute Gasteiger partial charge is 0.248 e. The average molecular weight is 336 g/mol. The molecule has 3 saturated heterocycles. The number of ether oxygens (including phenoxy) is 2. The van der Waals surface area contributed by atoms with Crippen LogP contribution < -0.4 is 0 Å². The zero-order valence-electron chi connectivity index (χ0n) is 14.9. The first kappa shape index (κ1) is 16.8. The van der Waals surface area contributed by atoms with E-state index in [1.165, 1.54) is 38.8 Å². The van der Waals surface area contributed by atoms with Crippen molar-refractivity contribution in [3.63, 3.8) is 0 Å². The number of rotatable bonds is 4. The van der Waals surface area contributed by atoms with Gasteiger partial charge in [-0.15, -0.1) is 0 Å². The van der Waals surface area contributed by atoms with Crippen LogP contribution in [0.1, 0.15) is 57.8 Å². The molecular formula is C19H32N2O3. The predicted molar refractivity (Wildman–Crippen MR) is 91.9 cm³/mol. The molecule has 0 bridgehead atoms. The fourth-order valence-corrected chi connectivity index (χ4v) is 5.10. The van der Waals surface area contributed by atoms with Gasteiger partial charge in [-0.3, -0.25) is 4.79 Å². The van der Waals surface area contributed by atoms with Gasteiger partial charge in [-0.2, -0.15) is 0 Å². The first-order valence-corrected chi connectivity index (χ1v) is 10.0. The third kappa shape index (κ3) is 3.63. The Balaban J connectivity index is 1.28. The van der Waals surface area contributed by atoms with Crippen molar-refractivity contribution in [1.82, 2.24) is 9.80 Å². The number of hydrogen-bond donors (Lipinski definition) is 0. The number of likely N-dealkylation sites (tertiary alicyclic amines) is 2. The first-order chi connectivity index (χ1) is 11.7. The molecule has 2 atom stereocenters.